The molecule has 0 saturated carbocycles. The molecule has 114 valence electrons. The first kappa shape index (κ1) is 16.6. The Labute approximate surface area is 120 Å². The van der Waals surface area contributed by atoms with Gasteiger partial charge in [-0.15, -0.1) is 0 Å². The summed E-state index contributed by atoms with van der Waals surface area (Å²) in [6.45, 7) is 1.47. The quantitative estimate of drug-likeness (QED) is 0.586. The van der Waals surface area contributed by atoms with Crippen LogP contribution in [0.5, 0.6) is 0 Å². The molecule has 0 aromatic heterocycles. The van der Waals surface area contributed by atoms with Gasteiger partial charge in [0.25, 0.3) is 0 Å². The molecule has 2 N–H and O–H groups in total. The van der Waals surface area contributed by atoms with Gasteiger partial charge in [0.2, 0.25) is 0 Å². The van der Waals surface area contributed by atoms with Gasteiger partial charge in [-0.3, -0.25) is 14.4 Å². The summed E-state index contributed by atoms with van der Waals surface area (Å²) in [6.07, 6.45) is -0.626. The van der Waals surface area contributed by atoms with Gasteiger partial charge in [0, 0.05) is 5.92 Å². The van der Waals surface area contributed by atoms with Crippen molar-refractivity contribution in [3.05, 3.63) is 35.6 Å². The van der Waals surface area contributed by atoms with Crippen LogP contribution in [0.15, 0.2) is 24.3 Å². The van der Waals surface area contributed by atoms with Crippen LogP contribution in [0, 0.1) is 11.7 Å². The maximum atomic E-state index is 13.3. The Hall–Kier alpha value is -2.44. The van der Waals surface area contributed by atoms with Crippen LogP contribution in [0.25, 0.3) is 0 Å². The van der Waals surface area contributed by atoms with E-state index in [0.717, 1.165) is 12.1 Å². The van der Waals surface area contributed by atoms with Gasteiger partial charge in [0.1, 0.15) is 5.82 Å². The number of carbonyl (C=O) groups excluding carboxylic acids is 1. The van der Waals surface area contributed by atoms with E-state index in [9.17, 15) is 23.9 Å². The van der Waals surface area contributed by atoms with Crippen LogP contribution in [-0.2, 0) is 19.1 Å². The lowest BCUT2D eigenvalue weighted by molar-refractivity contribution is -0.159. The summed E-state index contributed by atoms with van der Waals surface area (Å²) in [7, 11) is 0. The first-order valence-electron chi connectivity index (χ1n) is 6.23. The largest absolute Gasteiger partial charge is 0.481 e. The molecule has 0 radical (unpaired) electrons. The number of halogens is 1. The topological polar surface area (TPSA) is 101 Å². The molecule has 0 heterocycles. The summed E-state index contributed by atoms with van der Waals surface area (Å²) < 4.78 is 17.9. The fourth-order valence-electron chi connectivity index (χ4n) is 2.02. The minimum Gasteiger partial charge on any atom is -0.481 e. The Bertz CT molecular complexity index is 542. The van der Waals surface area contributed by atoms with Crippen molar-refractivity contribution in [3.8, 4) is 0 Å². The molecular formula is C14H15FO6. The number of hydrogen-bond donors (Lipinski definition) is 2. The van der Waals surface area contributed by atoms with Gasteiger partial charge in [-0.25, -0.2) is 4.39 Å². The van der Waals surface area contributed by atoms with E-state index in [1.807, 2.05) is 0 Å². The number of carboxylic acid groups (broad SMARTS) is 2. The number of aliphatic carboxylic acids is 2. The van der Waals surface area contributed by atoms with Crippen molar-refractivity contribution in [2.24, 2.45) is 5.92 Å². The lowest BCUT2D eigenvalue weighted by atomic mass is 9.83. The summed E-state index contributed by atoms with van der Waals surface area (Å²) in [5.74, 6) is -7.40. The highest BCUT2D eigenvalue weighted by molar-refractivity contribution is 5.95. The second kappa shape index (κ2) is 7.37. The summed E-state index contributed by atoms with van der Waals surface area (Å²) in [6, 6.07) is 4.86. The maximum Gasteiger partial charge on any atom is 0.320 e. The van der Waals surface area contributed by atoms with Gasteiger partial charge in [-0.1, -0.05) is 12.1 Å². The molecule has 0 spiro atoms. The number of ether oxygens (including phenoxy) is 1. The number of carboxylic acids is 2. The standard InChI is InChI=1S/C14H15FO6/c1-2-21-14(20)12(13(18)19)10(7-11(16)17)8-4-3-5-9(15)6-8/h3-6,10,12H,2,7H2,1H3,(H,16,17)(H,18,19). The predicted molar refractivity (Wildman–Crippen MR) is 69.2 cm³/mol. The first-order valence-corrected chi connectivity index (χ1v) is 6.23. The van der Waals surface area contributed by atoms with E-state index in [4.69, 9.17) is 5.11 Å². The molecule has 1 aromatic carbocycles. The zero-order chi connectivity index (χ0) is 16.0. The van der Waals surface area contributed by atoms with Crippen LogP contribution >= 0.6 is 0 Å². The molecule has 0 aliphatic heterocycles. The molecule has 0 bridgehead atoms. The van der Waals surface area contributed by atoms with Crippen LogP contribution in [0.3, 0.4) is 0 Å². The van der Waals surface area contributed by atoms with Crippen molar-refractivity contribution in [2.75, 3.05) is 6.61 Å². The first-order chi connectivity index (χ1) is 9.86. The summed E-state index contributed by atoms with van der Waals surface area (Å²) in [5.41, 5.74) is 0.123. The minimum atomic E-state index is -1.71. The minimum absolute atomic E-state index is 0.0362. The highest BCUT2D eigenvalue weighted by atomic mass is 19.1. The maximum absolute atomic E-state index is 13.3. The van der Waals surface area contributed by atoms with Crippen molar-refractivity contribution in [2.45, 2.75) is 19.3 Å². The third-order valence-electron chi connectivity index (χ3n) is 2.88. The van der Waals surface area contributed by atoms with Crippen molar-refractivity contribution in [1.29, 1.82) is 0 Å². The van der Waals surface area contributed by atoms with Gasteiger partial charge < -0.3 is 14.9 Å². The fraction of sp³-hybridized carbons (Fsp3) is 0.357. The average molecular weight is 298 g/mol. The van der Waals surface area contributed by atoms with E-state index in [1.54, 1.807) is 0 Å². The zero-order valence-corrected chi connectivity index (χ0v) is 11.3. The van der Waals surface area contributed by atoms with E-state index in [1.165, 1.54) is 19.1 Å². The van der Waals surface area contributed by atoms with Gasteiger partial charge in [0.05, 0.1) is 13.0 Å². The van der Waals surface area contributed by atoms with Crippen molar-refractivity contribution >= 4 is 17.9 Å². The van der Waals surface area contributed by atoms with Crippen molar-refractivity contribution < 1.29 is 33.7 Å². The highest BCUT2D eigenvalue weighted by Gasteiger charge is 2.38. The molecule has 0 fully saturated rings. The number of hydrogen-bond acceptors (Lipinski definition) is 4. The number of benzene rings is 1. The highest BCUT2D eigenvalue weighted by Crippen LogP contribution is 2.30. The van der Waals surface area contributed by atoms with Crippen LogP contribution < -0.4 is 0 Å². The number of esters is 1. The molecule has 2 atom stereocenters. The van der Waals surface area contributed by atoms with E-state index in [2.05, 4.69) is 4.74 Å². The predicted octanol–water partition coefficient (Wildman–Crippen LogP) is 1.65. The summed E-state index contributed by atoms with van der Waals surface area (Å²) in [4.78, 5) is 34.0. The van der Waals surface area contributed by atoms with Crippen LogP contribution in [0.1, 0.15) is 24.8 Å². The van der Waals surface area contributed by atoms with Crippen molar-refractivity contribution in [3.63, 3.8) is 0 Å². The summed E-state index contributed by atoms with van der Waals surface area (Å²) in [5, 5.41) is 18.1. The molecule has 1 aromatic rings. The van der Waals surface area contributed by atoms with E-state index >= 15 is 0 Å². The van der Waals surface area contributed by atoms with Gasteiger partial charge >= 0.3 is 17.9 Å². The Morgan fingerprint density at radius 1 is 1.29 bits per heavy atom. The Morgan fingerprint density at radius 3 is 2.43 bits per heavy atom. The monoisotopic (exact) mass is 298 g/mol. The van der Waals surface area contributed by atoms with E-state index in [-0.39, 0.29) is 12.2 Å². The average Bonchev–Trinajstić information content (AvgIpc) is 2.37. The number of rotatable bonds is 7. The molecule has 0 aliphatic rings. The van der Waals surface area contributed by atoms with Crippen LogP contribution in [-0.4, -0.2) is 34.7 Å². The SMILES string of the molecule is CCOC(=O)C(C(=O)O)C(CC(=O)O)c1cccc(F)c1. The third-order valence-corrected chi connectivity index (χ3v) is 2.88. The number of carbonyl (C=O) groups is 3. The fourth-order valence-corrected chi connectivity index (χ4v) is 2.02. The molecule has 7 heteroatoms. The smallest absolute Gasteiger partial charge is 0.320 e. The molecule has 6 nitrogen and oxygen atoms in total. The molecule has 0 aliphatic carbocycles. The van der Waals surface area contributed by atoms with E-state index in [0.29, 0.717) is 0 Å². The summed E-state index contributed by atoms with van der Waals surface area (Å²) >= 11 is 0. The Kier molecular flexibility index (Phi) is 5.83. The normalized spacial score (nSPS) is 13.2. The Balaban J connectivity index is 3.23. The van der Waals surface area contributed by atoms with E-state index < -0.39 is 42.0 Å². The molecule has 1 rings (SSSR count). The Morgan fingerprint density at radius 2 is 1.95 bits per heavy atom. The lowest BCUT2D eigenvalue weighted by Gasteiger charge is -2.21. The van der Waals surface area contributed by atoms with Crippen LogP contribution in [0.4, 0.5) is 4.39 Å². The van der Waals surface area contributed by atoms with Crippen LogP contribution in [0.2, 0.25) is 0 Å². The zero-order valence-electron chi connectivity index (χ0n) is 11.3. The second-order valence-electron chi connectivity index (χ2n) is 4.33. The molecule has 0 amide bonds. The molecular weight excluding hydrogens is 283 g/mol. The van der Waals surface area contributed by atoms with Gasteiger partial charge in [-0.05, 0) is 24.6 Å². The van der Waals surface area contributed by atoms with Gasteiger partial charge in [-0.2, -0.15) is 0 Å². The van der Waals surface area contributed by atoms with Gasteiger partial charge in [0.15, 0.2) is 5.92 Å². The third kappa shape index (κ3) is 4.55. The molecule has 21 heavy (non-hydrogen) atoms. The lowest BCUT2D eigenvalue weighted by Crippen LogP contribution is -2.33. The second-order valence-corrected chi connectivity index (χ2v) is 4.33. The molecule has 2 unspecified atom stereocenters. The molecule has 0 saturated heterocycles. The van der Waals surface area contributed by atoms with Crippen molar-refractivity contribution in [1.82, 2.24) is 0 Å².